The summed E-state index contributed by atoms with van der Waals surface area (Å²) in [5, 5.41) is 15.5. The fraction of sp³-hybridized carbons (Fsp3) is 0.300. The SMILES string of the molecule is CCc1nnc2cccc(CC(=N)N)n12. The van der Waals surface area contributed by atoms with E-state index in [1.165, 1.54) is 0 Å². The number of pyridine rings is 1. The number of rotatable bonds is 3. The van der Waals surface area contributed by atoms with Gasteiger partial charge in [0, 0.05) is 18.5 Å². The Labute approximate surface area is 87.4 Å². The van der Waals surface area contributed by atoms with Crippen molar-refractivity contribution in [3.8, 4) is 0 Å². The second-order valence-electron chi connectivity index (χ2n) is 3.38. The van der Waals surface area contributed by atoms with E-state index in [1.807, 2.05) is 29.5 Å². The molecule has 2 heterocycles. The van der Waals surface area contributed by atoms with Crippen LogP contribution in [0.1, 0.15) is 18.4 Å². The molecule has 2 aromatic rings. The monoisotopic (exact) mass is 203 g/mol. The van der Waals surface area contributed by atoms with Crippen LogP contribution in [-0.2, 0) is 12.8 Å². The Hall–Kier alpha value is -1.91. The first-order valence-corrected chi connectivity index (χ1v) is 4.87. The molecule has 15 heavy (non-hydrogen) atoms. The molecule has 0 amide bonds. The topological polar surface area (TPSA) is 80.1 Å². The van der Waals surface area contributed by atoms with E-state index in [9.17, 15) is 0 Å². The van der Waals surface area contributed by atoms with E-state index in [0.717, 1.165) is 23.6 Å². The summed E-state index contributed by atoms with van der Waals surface area (Å²) in [4.78, 5) is 0. The van der Waals surface area contributed by atoms with E-state index in [0.29, 0.717) is 6.42 Å². The normalized spacial score (nSPS) is 10.7. The van der Waals surface area contributed by atoms with Crippen molar-refractivity contribution in [1.82, 2.24) is 14.6 Å². The number of fused-ring (bicyclic) bond motifs is 1. The molecule has 0 fully saturated rings. The summed E-state index contributed by atoms with van der Waals surface area (Å²) in [5.41, 5.74) is 7.18. The number of aryl methyl sites for hydroxylation is 1. The number of nitrogens with one attached hydrogen (secondary N) is 1. The van der Waals surface area contributed by atoms with Crippen molar-refractivity contribution in [2.45, 2.75) is 19.8 Å². The van der Waals surface area contributed by atoms with Gasteiger partial charge in [0.05, 0.1) is 5.84 Å². The molecule has 0 radical (unpaired) electrons. The summed E-state index contributed by atoms with van der Waals surface area (Å²) in [6, 6.07) is 5.74. The van der Waals surface area contributed by atoms with Crippen molar-refractivity contribution in [2.24, 2.45) is 5.73 Å². The third kappa shape index (κ3) is 1.68. The number of aromatic nitrogens is 3. The van der Waals surface area contributed by atoms with Crippen molar-refractivity contribution in [2.75, 3.05) is 0 Å². The van der Waals surface area contributed by atoms with Gasteiger partial charge in [0.25, 0.3) is 0 Å². The lowest BCUT2D eigenvalue weighted by Gasteiger charge is -2.05. The molecule has 0 saturated heterocycles. The molecule has 0 aliphatic heterocycles. The first-order valence-electron chi connectivity index (χ1n) is 4.87. The molecule has 0 saturated carbocycles. The lowest BCUT2D eigenvalue weighted by molar-refractivity contribution is 0.882. The van der Waals surface area contributed by atoms with Gasteiger partial charge in [-0.3, -0.25) is 9.81 Å². The minimum absolute atomic E-state index is 0.151. The van der Waals surface area contributed by atoms with Crippen LogP contribution in [0.3, 0.4) is 0 Å². The highest BCUT2D eigenvalue weighted by Crippen LogP contribution is 2.09. The highest BCUT2D eigenvalue weighted by atomic mass is 15.2. The molecule has 0 aromatic carbocycles. The second kappa shape index (κ2) is 3.68. The highest BCUT2D eigenvalue weighted by molar-refractivity contribution is 5.79. The molecule has 0 spiro atoms. The summed E-state index contributed by atoms with van der Waals surface area (Å²) in [5.74, 6) is 1.06. The van der Waals surface area contributed by atoms with E-state index < -0.39 is 0 Å². The predicted octanol–water partition coefficient (Wildman–Crippen LogP) is 0.770. The third-order valence-electron chi connectivity index (χ3n) is 2.26. The zero-order chi connectivity index (χ0) is 10.8. The Morgan fingerprint density at radius 2 is 2.27 bits per heavy atom. The number of nitrogens with zero attached hydrogens (tertiary/aromatic N) is 3. The molecule has 2 rings (SSSR count). The Morgan fingerprint density at radius 1 is 1.47 bits per heavy atom. The standard InChI is InChI=1S/C10H13N5/c1-2-9-13-14-10-5-3-4-7(15(9)10)6-8(11)12/h3-5H,2,6H2,1H3,(H3,11,12). The van der Waals surface area contributed by atoms with Crippen molar-refractivity contribution >= 4 is 11.5 Å². The summed E-state index contributed by atoms with van der Waals surface area (Å²) < 4.78 is 1.96. The summed E-state index contributed by atoms with van der Waals surface area (Å²) >= 11 is 0. The van der Waals surface area contributed by atoms with Crippen LogP contribution in [0, 0.1) is 5.41 Å². The Kier molecular flexibility index (Phi) is 2.37. The van der Waals surface area contributed by atoms with Gasteiger partial charge in [-0.25, -0.2) is 0 Å². The molecule has 2 aromatic heterocycles. The fourth-order valence-electron chi connectivity index (χ4n) is 1.63. The Morgan fingerprint density at radius 3 is 2.93 bits per heavy atom. The first kappa shape index (κ1) is 9.64. The maximum atomic E-state index is 7.31. The highest BCUT2D eigenvalue weighted by Gasteiger charge is 2.07. The van der Waals surface area contributed by atoms with Crippen LogP contribution in [0.15, 0.2) is 18.2 Å². The van der Waals surface area contributed by atoms with Crippen LogP contribution in [0.2, 0.25) is 0 Å². The van der Waals surface area contributed by atoms with Crippen molar-refractivity contribution in [1.29, 1.82) is 5.41 Å². The van der Waals surface area contributed by atoms with Gasteiger partial charge in [-0.2, -0.15) is 0 Å². The smallest absolute Gasteiger partial charge is 0.160 e. The molecule has 0 aliphatic carbocycles. The summed E-state index contributed by atoms with van der Waals surface area (Å²) in [6.45, 7) is 2.03. The van der Waals surface area contributed by atoms with Crippen LogP contribution >= 0.6 is 0 Å². The van der Waals surface area contributed by atoms with Crippen molar-refractivity contribution in [3.63, 3.8) is 0 Å². The van der Waals surface area contributed by atoms with Crippen LogP contribution in [0.25, 0.3) is 5.65 Å². The van der Waals surface area contributed by atoms with E-state index in [2.05, 4.69) is 10.2 Å². The summed E-state index contributed by atoms with van der Waals surface area (Å²) in [7, 11) is 0. The molecular formula is C10H13N5. The molecule has 5 heteroatoms. The van der Waals surface area contributed by atoms with E-state index in [-0.39, 0.29) is 5.84 Å². The summed E-state index contributed by atoms with van der Waals surface area (Å²) in [6.07, 6.45) is 1.25. The third-order valence-corrected chi connectivity index (χ3v) is 2.26. The second-order valence-corrected chi connectivity index (χ2v) is 3.38. The quantitative estimate of drug-likeness (QED) is 0.571. The molecule has 78 valence electrons. The van der Waals surface area contributed by atoms with Gasteiger partial charge in [-0.15, -0.1) is 10.2 Å². The average Bonchev–Trinajstić information content (AvgIpc) is 2.61. The number of amidine groups is 1. The lowest BCUT2D eigenvalue weighted by Crippen LogP contribution is -2.15. The van der Waals surface area contributed by atoms with Crippen molar-refractivity contribution < 1.29 is 0 Å². The molecule has 0 bridgehead atoms. The molecule has 0 aliphatic rings. The largest absolute Gasteiger partial charge is 0.387 e. The molecule has 3 N–H and O–H groups in total. The van der Waals surface area contributed by atoms with Gasteiger partial charge in [-0.05, 0) is 12.1 Å². The van der Waals surface area contributed by atoms with Gasteiger partial charge < -0.3 is 5.73 Å². The maximum absolute atomic E-state index is 7.31. The Balaban J connectivity index is 2.61. The zero-order valence-electron chi connectivity index (χ0n) is 8.57. The molecule has 0 unspecified atom stereocenters. The fourth-order valence-corrected chi connectivity index (χ4v) is 1.63. The van der Waals surface area contributed by atoms with Crippen molar-refractivity contribution in [3.05, 3.63) is 29.7 Å². The number of nitrogens with two attached hydrogens (primary N) is 1. The minimum atomic E-state index is 0.151. The lowest BCUT2D eigenvalue weighted by atomic mass is 10.2. The van der Waals surface area contributed by atoms with E-state index >= 15 is 0 Å². The first-order chi connectivity index (χ1) is 7.22. The Bertz CT molecular complexity index is 499. The van der Waals surface area contributed by atoms with Gasteiger partial charge in [-0.1, -0.05) is 13.0 Å². The van der Waals surface area contributed by atoms with Crippen LogP contribution < -0.4 is 5.73 Å². The van der Waals surface area contributed by atoms with Gasteiger partial charge in [0.1, 0.15) is 5.82 Å². The van der Waals surface area contributed by atoms with Crippen LogP contribution in [-0.4, -0.2) is 20.4 Å². The molecule has 0 atom stereocenters. The van der Waals surface area contributed by atoms with Gasteiger partial charge in [0.15, 0.2) is 5.65 Å². The van der Waals surface area contributed by atoms with Gasteiger partial charge >= 0.3 is 0 Å². The average molecular weight is 203 g/mol. The number of hydrogen-bond donors (Lipinski definition) is 2. The molecular weight excluding hydrogens is 190 g/mol. The zero-order valence-corrected chi connectivity index (χ0v) is 8.57. The van der Waals surface area contributed by atoms with E-state index in [1.54, 1.807) is 0 Å². The predicted molar refractivity (Wildman–Crippen MR) is 58.0 cm³/mol. The maximum Gasteiger partial charge on any atom is 0.160 e. The van der Waals surface area contributed by atoms with Crippen LogP contribution in [0.5, 0.6) is 0 Å². The minimum Gasteiger partial charge on any atom is -0.387 e. The van der Waals surface area contributed by atoms with Gasteiger partial charge in [0.2, 0.25) is 0 Å². The van der Waals surface area contributed by atoms with Crippen LogP contribution in [0.4, 0.5) is 0 Å². The number of hydrogen-bond acceptors (Lipinski definition) is 3. The molecule has 5 nitrogen and oxygen atoms in total. The van der Waals surface area contributed by atoms with E-state index in [4.69, 9.17) is 11.1 Å².